The van der Waals surface area contributed by atoms with Crippen molar-refractivity contribution in [1.82, 2.24) is 0 Å². The molecule has 0 radical (unpaired) electrons. The van der Waals surface area contributed by atoms with Crippen LogP contribution in [0, 0.1) is 11.8 Å². The number of carbonyl (C=O) groups excluding carboxylic acids is 1. The molecule has 0 amide bonds. The summed E-state index contributed by atoms with van der Waals surface area (Å²) in [5, 5.41) is 0. The van der Waals surface area contributed by atoms with Gasteiger partial charge in [0.15, 0.2) is 5.78 Å². The van der Waals surface area contributed by atoms with Crippen molar-refractivity contribution in [3.05, 3.63) is 11.1 Å². The Labute approximate surface area is 112 Å². The Morgan fingerprint density at radius 3 is 2.11 bits per heavy atom. The van der Waals surface area contributed by atoms with E-state index in [1.165, 1.54) is 69.8 Å². The van der Waals surface area contributed by atoms with E-state index in [4.69, 9.17) is 0 Å². The quantitative estimate of drug-likeness (QED) is 0.586. The Kier molecular flexibility index (Phi) is 5.03. The maximum atomic E-state index is 12.1. The molecular weight excluding hydrogens is 220 g/mol. The second-order valence-electron chi connectivity index (χ2n) is 6.28. The highest BCUT2D eigenvalue weighted by Gasteiger charge is 2.35. The van der Waals surface area contributed by atoms with Gasteiger partial charge in [0.1, 0.15) is 0 Å². The average Bonchev–Trinajstić information content (AvgIpc) is 2.54. The number of hydrogen-bond acceptors (Lipinski definition) is 1. The number of ketones is 1. The summed E-state index contributed by atoms with van der Waals surface area (Å²) in [6.07, 6.45) is 13.4. The highest BCUT2D eigenvalue weighted by atomic mass is 16.1. The molecule has 0 heterocycles. The number of allylic oxidation sites excluding steroid dienone is 2. The molecule has 0 aliphatic heterocycles. The first-order valence-corrected chi connectivity index (χ1v) is 7.95. The number of hydrogen-bond donors (Lipinski definition) is 0. The van der Waals surface area contributed by atoms with Crippen molar-refractivity contribution in [2.75, 3.05) is 0 Å². The van der Waals surface area contributed by atoms with Gasteiger partial charge in [0.2, 0.25) is 0 Å². The standard InChI is InChI=1S/C17H28O/c1-13-15-11-9-7-5-3-4-6-8-10-12-16(15)14(2)17(13)18/h13,15H,3-12H2,1-2H3. The minimum Gasteiger partial charge on any atom is -0.294 e. The predicted octanol–water partition coefficient (Wildman–Crippen LogP) is 5.05. The van der Waals surface area contributed by atoms with Crippen LogP contribution in [0.25, 0.3) is 0 Å². The van der Waals surface area contributed by atoms with Crippen LogP contribution in [-0.2, 0) is 4.79 Å². The first-order chi connectivity index (χ1) is 8.72. The van der Waals surface area contributed by atoms with Gasteiger partial charge >= 0.3 is 0 Å². The Morgan fingerprint density at radius 1 is 0.889 bits per heavy atom. The molecule has 0 N–H and O–H groups in total. The van der Waals surface area contributed by atoms with Crippen molar-refractivity contribution in [3.63, 3.8) is 0 Å². The van der Waals surface area contributed by atoms with E-state index in [2.05, 4.69) is 13.8 Å². The topological polar surface area (TPSA) is 17.1 Å². The monoisotopic (exact) mass is 248 g/mol. The highest BCUT2D eigenvalue weighted by Crippen LogP contribution is 2.40. The first kappa shape index (κ1) is 13.8. The van der Waals surface area contributed by atoms with Crippen LogP contribution >= 0.6 is 0 Å². The lowest BCUT2D eigenvalue weighted by atomic mass is 9.84. The molecule has 0 aromatic heterocycles. The molecule has 0 aromatic carbocycles. The van der Waals surface area contributed by atoms with Gasteiger partial charge < -0.3 is 0 Å². The fourth-order valence-corrected chi connectivity index (χ4v) is 3.80. The van der Waals surface area contributed by atoms with E-state index in [0.717, 1.165) is 5.57 Å². The van der Waals surface area contributed by atoms with Crippen LogP contribution in [0.15, 0.2) is 11.1 Å². The van der Waals surface area contributed by atoms with Crippen LogP contribution in [0.4, 0.5) is 0 Å². The van der Waals surface area contributed by atoms with E-state index >= 15 is 0 Å². The summed E-state index contributed by atoms with van der Waals surface area (Å²) < 4.78 is 0. The van der Waals surface area contributed by atoms with Crippen molar-refractivity contribution < 1.29 is 4.79 Å². The molecule has 18 heavy (non-hydrogen) atoms. The van der Waals surface area contributed by atoms with Crippen LogP contribution in [0.3, 0.4) is 0 Å². The number of fused-ring (bicyclic) bond motifs is 1. The summed E-state index contributed by atoms with van der Waals surface area (Å²) in [6.45, 7) is 4.22. The molecule has 2 unspecified atom stereocenters. The van der Waals surface area contributed by atoms with Crippen LogP contribution in [-0.4, -0.2) is 5.78 Å². The van der Waals surface area contributed by atoms with Crippen LogP contribution < -0.4 is 0 Å². The third-order valence-electron chi connectivity index (χ3n) is 5.03. The second-order valence-corrected chi connectivity index (χ2v) is 6.28. The third kappa shape index (κ3) is 3.05. The zero-order valence-electron chi connectivity index (χ0n) is 12.1. The fourth-order valence-electron chi connectivity index (χ4n) is 3.80. The van der Waals surface area contributed by atoms with E-state index in [-0.39, 0.29) is 5.92 Å². The van der Waals surface area contributed by atoms with Crippen LogP contribution in [0.5, 0.6) is 0 Å². The molecule has 0 bridgehead atoms. The largest absolute Gasteiger partial charge is 0.294 e. The van der Waals surface area contributed by atoms with Crippen molar-refractivity contribution in [3.8, 4) is 0 Å². The van der Waals surface area contributed by atoms with Gasteiger partial charge in [-0.2, -0.15) is 0 Å². The summed E-state index contributed by atoms with van der Waals surface area (Å²) in [4.78, 5) is 12.1. The summed E-state index contributed by atoms with van der Waals surface area (Å²) in [5.41, 5.74) is 2.64. The minimum absolute atomic E-state index is 0.267. The van der Waals surface area contributed by atoms with Crippen molar-refractivity contribution >= 4 is 5.78 Å². The summed E-state index contributed by atoms with van der Waals surface area (Å²) in [7, 11) is 0. The Bertz CT molecular complexity index is 327. The van der Waals surface area contributed by atoms with Gasteiger partial charge in [-0.25, -0.2) is 0 Å². The summed E-state index contributed by atoms with van der Waals surface area (Å²) >= 11 is 0. The summed E-state index contributed by atoms with van der Waals surface area (Å²) in [5.74, 6) is 1.28. The predicted molar refractivity (Wildman–Crippen MR) is 76.5 cm³/mol. The van der Waals surface area contributed by atoms with Crippen molar-refractivity contribution in [2.45, 2.75) is 78.1 Å². The number of rotatable bonds is 0. The lowest BCUT2D eigenvalue weighted by Gasteiger charge is -2.19. The smallest absolute Gasteiger partial charge is 0.161 e. The van der Waals surface area contributed by atoms with Gasteiger partial charge in [0.05, 0.1) is 0 Å². The lowest BCUT2D eigenvalue weighted by Crippen LogP contribution is -2.14. The van der Waals surface area contributed by atoms with Gasteiger partial charge in [0.25, 0.3) is 0 Å². The van der Waals surface area contributed by atoms with Crippen LogP contribution in [0.2, 0.25) is 0 Å². The first-order valence-electron chi connectivity index (χ1n) is 7.95. The minimum atomic E-state index is 0.267. The van der Waals surface area contributed by atoms with E-state index in [1.54, 1.807) is 0 Å². The molecule has 1 heteroatoms. The molecule has 2 aliphatic carbocycles. The Hall–Kier alpha value is -0.590. The molecule has 1 nitrogen and oxygen atoms in total. The van der Waals surface area contributed by atoms with E-state index in [0.29, 0.717) is 11.7 Å². The Balaban J connectivity index is 2.05. The zero-order chi connectivity index (χ0) is 13.0. The molecule has 2 rings (SSSR count). The third-order valence-corrected chi connectivity index (χ3v) is 5.03. The maximum Gasteiger partial charge on any atom is 0.161 e. The van der Waals surface area contributed by atoms with Gasteiger partial charge in [-0.1, -0.05) is 57.4 Å². The normalized spacial score (nSPS) is 31.8. The molecule has 2 atom stereocenters. The molecule has 0 aromatic rings. The van der Waals surface area contributed by atoms with Crippen LogP contribution in [0.1, 0.15) is 78.1 Å². The van der Waals surface area contributed by atoms with Gasteiger partial charge in [-0.05, 0) is 37.7 Å². The fraction of sp³-hybridized carbons (Fsp3) is 0.824. The zero-order valence-corrected chi connectivity index (χ0v) is 12.1. The lowest BCUT2D eigenvalue weighted by molar-refractivity contribution is -0.118. The van der Waals surface area contributed by atoms with E-state index < -0.39 is 0 Å². The highest BCUT2D eigenvalue weighted by molar-refractivity contribution is 6.00. The van der Waals surface area contributed by atoms with E-state index in [1.807, 2.05) is 0 Å². The molecule has 1 saturated carbocycles. The maximum absolute atomic E-state index is 12.1. The van der Waals surface area contributed by atoms with E-state index in [9.17, 15) is 4.79 Å². The number of carbonyl (C=O) groups is 1. The van der Waals surface area contributed by atoms with Gasteiger partial charge in [0, 0.05) is 5.92 Å². The molecule has 1 fully saturated rings. The van der Waals surface area contributed by atoms with Crippen molar-refractivity contribution in [2.24, 2.45) is 11.8 Å². The van der Waals surface area contributed by atoms with Crippen molar-refractivity contribution in [1.29, 1.82) is 0 Å². The van der Waals surface area contributed by atoms with Gasteiger partial charge in [-0.3, -0.25) is 4.79 Å². The SMILES string of the molecule is CC1=C2CCCCCCCCCCC2C(C)C1=O. The number of Topliss-reactive ketones (excluding diaryl/α,β-unsaturated/α-hetero) is 1. The Morgan fingerprint density at radius 2 is 1.44 bits per heavy atom. The average molecular weight is 248 g/mol. The second kappa shape index (κ2) is 6.54. The molecule has 2 aliphatic rings. The van der Waals surface area contributed by atoms with Gasteiger partial charge in [-0.15, -0.1) is 0 Å². The molecule has 0 spiro atoms. The molecule has 102 valence electrons. The molecular formula is C17H28O. The molecule has 0 saturated heterocycles. The summed E-state index contributed by atoms with van der Waals surface area (Å²) in [6, 6.07) is 0.